The average Bonchev–Trinajstić information content (AvgIpc) is 3.51. The number of carbonyl (C=O) groups excluding carboxylic acids is 1. The van der Waals surface area contributed by atoms with Gasteiger partial charge in [-0.3, -0.25) is 4.79 Å². The van der Waals surface area contributed by atoms with Crippen molar-refractivity contribution in [2.45, 2.75) is 90.2 Å². The number of aromatic nitrogens is 2. The molecule has 0 bridgehead atoms. The third-order valence-electron chi connectivity index (χ3n) is 7.72. The number of halogens is 1. The zero-order valence-electron chi connectivity index (χ0n) is 19.7. The first-order chi connectivity index (χ1) is 15.7. The van der Waals surface area contributed by atoms with E-state index in [1.807, 2.05) is 0 Å². The van der Waals surface area contributed by atoms with Gasteiger partial charge in [-0.2, -0.15) is 5.10 Å². The Bertz CT molecular complexity index is 1070. The fourth-order valence-electron chi connectivity index (χ4n) is 5.51. The number of aliphatic hydroxyl groups is 1. The standard InChI is InChI=1S/C26H35FN4O2/c1-26(2)12-11-16-19(13-15-7-8-15)30-31(21(16)14-26)20-10-9-17(25(28)33)24(23(20)27)29-18-5-3-4-6-22(18)32/h9-10,15,18,22,29,32H,3-8,11-14H2,1-2H3,(H2,28,33)/t18-,22-/m0/s1. The van der Waals surface area contributed by atoms with E-state index in [2.05, 4.69) is 19.2 Å². The minimum absolute atomic E-state index is 0.0778. The number of hydrogen-bond acceptors (Lipinski definition) is 4. The highest BCUT2D eigenvalue weighted by atomic mass is 19.1. The number of carbonyl (C=O) groups is 1. The molecule has 7 heteroatoms. The Morgan fingerprint density at radius 1 is 1.27 bits per heavy atom. The Morgan fingerprint density at radius 3 is 2.73 bits per heavy atom. The van der Waals surface area contributed by atoms with Crippen molar-refractivity contribution < 1.29 is 14.3 Å². The highest BCUT2D eigenvalue weighted by molar-refractivity contribution is 5.99. The molecule has 1 aromatic carbocycles. The van der Waals surface area contributed by atoms with E-state index in [0.29, 0.717) is 18.0 Å². The Morgan fingerprint density at radius 2 is 2.03 bits per heavy atom. The quantitative estimate of drug-likeness (QED) is 0.607. The lowest BCUT2D eigenvalue weighted by atomic mass is 9.76. The van der Waals surface area contributed by atoms with Gasteiger partial charge in [0.1, 0.15) is 5.69 Å². The van der Waals surface area contributed by atoms with Crippen molar-refractivity contribution >= 4 is 11.6 Å². The molecular formula is C26H35FN4O2. The molecule has 2 aromatic rings. The fraction of sp³-hybridized carbons (Fsp3) is 0.615. The number of anilines is 1. The third-order valence-corrected chi connectivity index (χ3v) is 7.72. The van der Waals surface area contributed by atoms with Crippen LogP contribution in [0.25, 0.3) is 5.69 Å². The molecule has 5 rings (SSSR count). The molecule has 0 radical (unpaired) electrons. The summed E-state index contributed by atoms with van der Waals surface area (Å²) in [6, 6.07) is 2.90. The van der Waals surface area contributed by atoms with Crippen LogP contribution in [0.15, 0.2) is 12.1 Å². The molecule has 1 heterocycles. The Labute approximate surface area is 194 Å². The summed E-state index contributed by atoms with van der Waals surface area (Å²) in [7, 11) is 0. The average molecular weight is 455 g/mol. The van der Waals surface area contributed by atoms with Gasteiger partial charge in [-0.05, 0) is 80.4 Å². The monoisotopic (exact) mass is 454 g/mol. The first kappa shape index (κ1) is 22.4. The second-order valence-electron chi connectivity index (χ2n) is 11.1. The topological polar surface area (TPSA) is 93.2 Å². The summed E-state index contributed by atoms with van der Waals surface area (Å²) in [6.45, 7) is 4.50. The number of benzene rings is 1. The molecule has 1 amide bonds. The van der Waals surface area contributed by atoms with Crippen LogP contribution in [-0.4, -0.2) is 32.9 Å². The van der Waals surface area contributed by atoms with Gasteiger partial charge in [-0.1, -0.05) is 26.7 Å². The maximum absolute atomic E-state index is 16.1. The number of nitrogens with zero attached hydrogens (tertiary/aromatic N) is 2. The highest BCUT2D eigenvalue weighted by Gasteiger charge is 2.34. The molecule has 4 N–H and O–H groups in total. The molecule has 6 nitrogen and oxygen atoms in total. The van der Waals surface area contributed by atoms with Crippen molar-refractivity contribution in [2.75, 3.05) is 5.32 Å². The zero-order valence-corrected chi connectivity index (χ0v) is 19.7. The first-order valence-electron chi connectivity index (χ1n) is 12.4. The van der Waals surface area contributed by atoms with Crippen LogP contribution in [0.5, 0.6) is 0 Å². The second-order valence-corrected chi connectivity index (χ2v) is 11.1. The molecule has 0 spiro atoms. The first-order valence-corrected chi connectivity index (χ1v) is 12.4. The van der Waals surface area contributed by atoms with Gasteiger partial charge in [0.2, 0.25) is 0 Å². The molecule has 2 atom stereocenters. The van der Waals surface area contributed by atoms with Crippen LogP contribution in [0.4, 0.5) is 10.1 Å². The molecule has 0 unspecified atom stereocenters. The molecule has 3 aliphatic rings. The number of nitrogens with one attached hydrogen (secondary N) is 1. The Balaban J connectivity index is 1.59. The van der Waals surface area contributed by atoms with Gasteiger partial charge in [0.25, 0.3) is 5.91 Å². The van der Waals surface area contributed by atoms with Crippen LogP contribution in [0.3, 0.4) is 0 Å². The largest absolute Gasteiger partial charge is 0.391 e. The van der Waals surface area contributed by atoms with Crippen molar-refractivity contribution in [3.8, 4) is 5.69 Å². The second kappa shape index (κ2) is 8.42. The van der Waals surface area contributed by atoms with E-state index in [4.69, 9.17) is 10.8 Å². The van der Waals surface area contributed by atoms with Gasteiger partial charge < -0.3 is 16.2 Å². The SMILES string of the molecule is CC1(C)CCc2c(CC3CC3)nn(-c3ccc(C(N)=O)c(N[C@H]4CCCC[C@@H]4O)c3F)c2C1. The van der Waals surface area contributed by atoms with Gasteiger partial charge in [0.15, 0.2) is 5.82 Å². The van der Waals surface area contributed by atoms with Crippen LogP contribution in [0.1, 0.15) is 86.1 Å². The van der Waals surface area contributed by atoms with Crippen molar-refractivity contribution in [3.63, 3.8) is 0 Å². The summed E-state index contributed by atoms with van der Waals surface area (Å²) in [6.07, 6.45) is 9.04. The number of fused-ring (bicyclic) bond motifs is 1. The summed E-state index contributed by atoms with van der Waals surface area (Å²) >= 11 is 0. The summed E-state index contributed by atoms with van der Waals surface area (Å²) in [5.74, 6) is -0.526. The molecule has 0 saturated heterocycles. The highest BCUT2D eigenvalue weighted by Crippen LogP contribution is 2.41. The number of primary amides is 1. The van der Waals surface area contributed by atoms with E-state index in [0.717, 1.165) is 56.3 Å². The molecular weight excluding hydrogens is 419 g/mol. The Hall–Kier alpha value is -2.41. The van der Waals surface area contributed by atoms with Crippen LogP contribution in [0, 0.1) is 17.2 Å². The smallest absolute Gasteiger partial charge is 0.250 e. The Kier molecular flexibility index (Phi) is 5.71. The lowest BCUT2D eigenvalue weighted by Crippen LogP contribution is -2.37. The van der Waals surface area contributed by atoms with Gasteiger partial charge >= 0.3 is 0 Å². The van der Waals surface area contributed by atoms with Crippen LogP contribution in [-0.2, 0) is 19.3 Å². The molecule has 3 aliphatic carbocycles. The van der Waals surface area contributed by atoms with Crippen molar-refractivity contribution in [1.29, 1.82) is 0 Å². The summed E-state index contributed by atoms with van der Waals surface area (Å²) < 4.78 is 17.9. The summed E-state index contributed by atoms with van der Waals surface area (Å²) in [5, 5.41) is 18.5. The maximum atomic E-state index is 16.1. The van der Waals surface area contributed by atoms with Gasteiger partial charge in [0, 0.05) is 5.69 Å². The lowest BCUT2D eigenvalue weighted by molar-refractivity contribution is 0.0998. The number of rotatable bonds is 6. The molecule has 178 valence electrons. The molecule has 2 saturated carbocycles. The van der Waals surface area contributed by atoms with Gasteiger partial charge in [0.05, 0.1) is 29.1 Å². The minimum Gasteiger partial charge on any atom is -0.391 e. The van der Waals surface area contributed by atoms with Gasteiger partial charge in [-0.15, -0.1) is 0 Å². The van der Waals surface area contributed by atoms with Crippen molar-refractivity contribution in [2.24, 2.45) is 17.1 Å². The zero-order chi connectivity index (χ0) is 23.3. The number of amides is 1. The van der Waals surface area contributed by atoms with E-state index in [-0.39, 0.29) is 22.7 Å². The predicted molar refractivity (Wildman–Crippen MR) is 126 cm³/mol. The third kappa shape index (κ3) is 4.39. The van der Waals surface area contributed by atoms with E-state index in [1.165, 1.54) is 18.4 Å². The molecule has 1 aromatic heterocycles. The lowest BCUT2D eigenvalue weighted by Gasteiger charge is -2.31. The van der Waals surface area contributed by atoms with Crippen molar-refractivity contribution in [3.05, 3.63) is 40.5 Å². The van der Waals surface area contributed by atoms with Crippen molar-refractivity contribution in [1.82, 2.24) is 9.78 Å². The summed E-state index contributed by atoms with van der Waals surface area (Å²) in [5.41, 5.74) is 9.69. The van der Waals surface area contributed by atoms with E-state index in [1.54, 1.807) is 16.8 Å². The van der Waals surface area contributed by atoms with E-state index >= 15 is 4.39 Å². The minimum atomic E-state index is -0.689. The van der Waals surface area contributed by atoms with E-state index < -0.39 is 17.8 Å². The fourth-order valence-corrected chi connectivity index (χ4v) is 5.51. The van der Waals surface area contributed by atoms with Gasteiger partial charge in [-0.25, -0.2) is 9.07 Å². The number of nitrogens with two attached hydrogens (primary N) is 1. The van der Waals surface area contributed by atoms with Crippen LogP contribution in [0.2, 0.25) is 0 Å². The summed E-state index contributed by atoms with van der Waals surface area (Å²) in [4.78, 5) is 12.1. The van der Waals surface area contributed by atoms with Crippen LogP contribution >= 0.6 is 0 Å². The van der Waals surface area contributed by atoms with E-state index in [9.17, 15) is 9.90 Å². The molecule has 0 aliphatic heterocycles. The van der Waals surface area contributed by atoms with Crippen LogP contribution < -0.4 is 11.1 Å². The maximum Gasteiger partial charge on any atom is 0.250 e. The number of aliphatic hydroxyl groups excluding tert-OH is 1. The number of hydrogen-bond donors (Lipinski definition) is 3. The molecule has 33 heavy (non-hydrogen) atoms. The predicted octanol–water partition coefficient (Wildman–Crippen LogP) is 4.29. The normalized spacial score (nSPS) is 24.4. The molecule has 2 fully saturated rings.